The molecule has 3 nitrogen and oxygen atoms in total. The lowest BCUT2D eigenvalue weighted by molar-refractivity contribution is -0.136. The molecule has 4 rings (SSSR count). The van der Waals surface area contributed by atoms with E-state index in [4.69, 9.17) is 4.74 Å². The zero-order valence-corrected chi connectivity index (χ0v) is 16.4. The summed E-state index contributed by atoms with van der Waals surface area (Å²) in [5.41, 5.74) is -3.83. The van der Waals surface area contributed by atoms with Gasteiger partial charge in [-0.15, -0.1) is 0 Å². The van der Waals surface area contributed by atoms with E-state index in [1.54, 1.807) is 18.2 Å². The lowest BCUT2D eigenvalue weighted by Crippen LogP contribution is -2.12. The van der Waals surface area contributed by atoms with E-state index in [1.165, 1.54) is 0 Å². The van der Waals surface area contributed by atoms with Gasteiger partial charge in [0.2, 0.25) is 0 Å². The Hall–Kier alpha value is -2.94. The van der Waals surface area contributed by atoms with Crippen LogP contribution in [0.15, 0.2) is 63.9 Å². The van der Waals surface area contributed by atoms with Gasteiger partial charge in [-0.05, 0) is 44.9 Å². The van der Waals surface area contributed by atoms with Gasteiger partial charge < -0.3 is 9.72 Å². The number of pyridine rings is 1. The summed E-state index contributed by atoms with van der Waals surface area (Å²) < 4.78 is 72.9. The molecule has 0 aliphatic rings. The molecule has 0 saturated carbocycles. The molecule has 0 fully saturated rings. The average Bonchev–Trinajstić information content (AvgIpc) is 2.69. The maximum Gasteiger partial charge on any atom is 0.418 e. The van der Waals surface area contributed by atoms with E-state index in [0.29, 0.717) is 16.6 Å². The van der Waals surface area contributed by atoms with Crippen molar-refractivity contribution in [2.24, 2.45) is 0 Å². The van der Waals surface area contributed by atoms with Crippen LogP contribution < -0.4 is 10.2 Å². The molecule has 1 N–H and O–H groups in total. The molecule has 0 saturated heterocycles. The van der Waals surface area contributed by atoms with Crippen molar-refractivity contribution in [3.05, 3.63) is 80.6 Å². The summed E-state index contributed by atoms with van der Waals surface area (Å²) in [6, 6.07) is 13.0. The summed E-state index contributed by atoms with van der Waals surface area (Å²) in [6.45, 7) is 0. The average molecular weight is 484 g/mol. The second kappa shape index (κ2) is 7.39. The number of nitrogens with one attached hydrogen (secondary N) is 1. The number of ether oxygens (including phenoxy) is 1. The third-order valence-corrected chi connectivity index (χ3v) is 5.35. The van der Waals surface area contributed by atoms with Crippen molar-refractivity contribution in [2.75, 3.05) is 0 Å². The molecule has 1 heterocycles. The van der Waals surface area contributed by atoms with E-state index in [9.17, 15) is 26.7 Å². The smallest absolute Gasteiger partial charge is 0.418 e. The molecule has 0 radical (unpaired) electrons. The number of H-pyrrole nitrogens is 1. The van der Waals surface area contributed by atoms with Crippen molar-refractivity contribution in [1.82, 2.24) is 4.98 Å². The van der Waals surface area contributed by atoms with E-state index in [1.807, 2.05) is 23.2 Å². The summed E-state index contributed by atoms with van der Waals surface area (Å²) in [5.74, 6) is -0.0112. The van der Waals surface area contributed by atoms with Crippen molar-refractivity contribution >= 4 is 37.6 Å². The number of alkyl halides is 5. The first-order valence-electron chi connectivity index (χ1n) is 8.56. The maximum absolute atomic E-state index is 13.6. The van der Waals surface area contributed by atoms with Crippen LogP contribution in [0, 0.1) is 0 Å². The van der Waals surface area contributed by atoms with E-state index in [-0.39, 0.29) is 11.5 Å². The Kier molecular flexibility index (Phi) is 5.01. The molecule has 0 unspecified atom stereocenters. The third-order valence-electron chi connectivity index (χ3n) is 4.53. The highest BCUT2D eigenvalue weighted by molar-refractivity contribution is 9.10. The summed E-state index contributed by atoms with van der Waals surface area (Å²) >= 11 is 3.39. The fourth-order valence-corrected chi connectivity index (χ4v) is 3.74. The summed E-state index contributed by atoms with van der Waals surface area (Å²) in [7, 11) is 0. The number of hydrogen-bond donors (Lipinski definition) is 1. The van der Waals surface area contributed by atoms with Gasteiger partial charge in [-0.2, -0.15) is 13.2 Å². The van der Waals surface area contributed by atoms with E-state index < -0.39 is 40.2 Å². The zero-order valence-electron chi connectivity index (χ0n) is 14.9. The predicted molar refractivity (Wildman–Crippen MR) is 106 cm³/mol. The van der Waals surface area contributed by atoms with Gasteiger partial charge in [0.05, 0.1) is 21.2 Å². The minimum atomic E-state index is -4.90. The Labute approximate surface area is 174 Å². The van der Waals surface area contributed by atoms with Gasteiger partial charge in [-0.3, -0.25) is 4.79 Å². The Morgan fingerprint density at radius 3 is 2.40 bits per heavy atom. The molecule has 9 heteroatoms. The van der Waals surface area contributed by atoms with Gasteiger partial charge in [-0.1, -0.05) is 30.3 Å². The topological polar surface area (TPSA) is 42.1 Å². The van der Waals surface area contributed by atoms with Crippen molar-refractivity contribution in [2.45, 2.75) is 12.6 Å². The maximum atomic E-state index is 13.6. The molecule has 0 spiro atoms. The first-order chi connectivity index (χ1) is 14.1. The second-order valence-corrected chi connectivity index (χ2v) is 7.27. The fraction of sp³-hybridized carbons (Fsp3) is 0.0952. The Morgan fingerprint density at radius 1 is 0.967 bits per heavy atom. The van der Waals surface area contributed by atoms with Crippen molar-refractivity contribution in [3.8, 4) is 11.5 Å². The van der Waals surface area contributed by atoms with Gasteiger partial charge in [0.1, 0.15) is 11.5 Å². The van der Waals surface area contributed by atoms with Crippen LogP contribution >= 0.6 is 15.9 Å². The molecular formula is C21H11BrF5NO2. The SMILES string of the molecule is O=c1cc(C(F)F)[nH]c2c(C(F)(F)F)cc(Oc3ccc4ccccc4c3Br)cc12. The van der Waals surface area contributed by atoms with Crippen LogP contribution in [-0.2, 0) is 6.18 Å². The molecule has 0 aliphatic carbocycles. The molecular weight excluding hydrogens is 473 g/mol. The lowest BCUT2D eigenvalue weighted by Gasteiger charge is -2.15. The quantitative estimate of drug-likeness (QED) is 0.313. The normalized spacial score (nSPS) is 12.1. The molecule has 0 aliphatic heterocycles. The van der Waals surface area contributed by atoms with Gasteiger partial charge in [0, 0.05) is 11.5 Å². The standard InChI is InChI=1S/C21H11BrF5NO2/c22-18-12-4-2-1-3-10(12)5-6-17(18)30-11-7-13-16(29)9-15(20(23)24)28-19(13)14(8-11)21(25,26)27/h1-9,20H,(H,28,29). The predicted octanol–water partition coefficient (Wildman–Crippen LogP) is 7.19. The van der Waals surface area contributed by atoms with Crippen molar-refractivity contribution < 1.29 is 26.7 Å². The number of halogens is 6. The van der Waals surface area contributed by atoms with Crippen molar-refractivity contribution in [1.29, 1.82) is 0 Å². The fourth-order valence-electron chi connectivity index (χ4n) is 3.16. The van der Waals surface area contributed by atoms with Crippen LogP contribution in [0.4, 0.5) is 22.0 Å². The highest BCUT2D eigenvalue weighted by Crippen LogP contribution is 2.40. The molecule has 0 atom stereocenters. The molecule has 0 amide bonds. The molecule has 4 aromatic rings. The van der Waals surface area contributed by atoms with Crippen molar-refractivity contribution in [3.63, 3.8) is 0 Å². The monoisotopic (exact) mass is 483 g/mol. The first-order valence-corrected chi connectivity index (χ1v) is 9.36. The van der Waals surface area contributed by atoms with Crippen LogP contribution in [0.3, 0.4) is 0 Å². The summed E-state index contributed by atoms with van der Waals surface area (Å²) in [6.07, 6.45) is -8.02. The summed E-state index contributed by atoms with van der Waals surface area (Å²) in [5, 5.41) is 1.27. The number of rotatable bonds is 3. The number of aromatic amines is 1. The molecule has 0 bridgehead atoms. The molecule has 3 aromatic carbocycles. The molecule has 30 heavy (non-hydrogen) atoms. The Balaban J connectivity index is 1.90. The molecule has 154 valence electrons. The highest BCUT2D eigenvalue weighted by Gasteiger charge is 2.34. The minimum Gasteiger partial charge on any atom is -0.456 e. The summed E-state index contributed by atoms with van der Waals surface area (Å²) in [4.78, 5) is 14.3. The number of fused-ring (bicyclic) bond motifs is 2. The van der Waals surface area contributed by atoms with Gasteiger partial charge in [0.25, 0.3) is 6.43 Å². The lowest BCUT2D eigenvalue weighted by atomic mass is 10.1. The number of benzene rings is 3. The van der Waals surface area contributed by atoms with Crippen LogP contribution in [0.2, 0.25) is 0 Å². The zero-order chi connectivity index (χ0) is 21.6. The van der Waals surface area contributed by atoms with E-state index in [2.05, 4.69) is 15.9 Å². The molecule has 1 aromatic heterocycles. The second-order valence-electron chi connectivity index (χ2n) is 6.48. The third kappa shape index (κ3) is 3.65. The van der Waals surface area contributed by atoms with E-state index in [0.717, 1.165) is 16.8 Å². The number of hydrogen-bond acceptors (Lipinski definition) is 2. The van der Waals surface area contributed by atoms with Crippen LogP contribution in [0.1, 0.15) is 17.7 Å². The first kappa shape index (κ1) is 20.3. The van der Waals surface area contributed by atoms with Crippen LogP contribution in [0.5, 0.6) is 11.5 Å². The van der Waals surface area contributed by atoms with Gasteiger partial charge >= 0.3 is 6.18 Å². The van der Waals surface area contributed by atoms with Gasteiger partial charge in [0.15, 0.2) is 5.43 Å². The number of aromatic nitrogens is 1. The Bertz CT molecular complexity index is 1330. The van der Waals surface area contributed by atoms with Crippen LogP contribution in [-0.4, -0.2) is 4.98 Å². The van der Waals surface area contributed by atoms with Crippen LogP contribution in [0.25, 0.3) is 21.7 Å². The largest absolute Gasteiger partial charge is 0.456 e. The Morgan fingerprint density at radius 2 is 1.70 bits per heavy atom. The van der Waals surface area contributed by atoms with Gasteiger partial charge in [-0.25, -0.2) is 8.78 Å². The highest BCUT2D eigenvalue weighted by atomic mass is 79.9. The minimum absolute atomic E-state index is 0.238. The van der Waals surface area contributed by atoms with E-state index >= 15 is 0 Å².